The number of ether oxygens (including phenoxy) is 2. The monoisotopic (exact) mass is 491 g/mol. The molecule has 8 nitrogen and oxygen atoms in total. The highest BCUT2D eigenvalue weighted by atomic mass is 79.9. The topological polar surface area (TPSA) is 85.2 Å². The van der Waals surface area contributed by atoms with Crippen LogP contribution in [0.15, 0.2) is 46.6 Å². The van der Waals surface area contributed by atoms with E-state index in [-0.39, 0.29) is 18.2 Å². The minimum Gasteiger partial charge on any atom is -0.493 e. The van der Waals surface area contributed by atoms with Crippen LogP contribution in [0.2, 0.25) is 0 Å². The number of nitro groups is 1. The second kappa shape index (κ2) is 8.80. The fourth-order valence-corrected chi connectivity index (χ4v) is 3.68. The third-order valence-electron chi connectivity index (χ3n) is 4.52. The number of methoxy groups -OCH3 is 1. The van der Waals surface area contributed by atoms with Gasteiger partial charge in [-0.2, -0.15) is 0 Å². The van der Waals surface area contributed by atoms with Gasteiger partial charge < -0.3 is 14.4 Å². The normalized spacial score (nSPS) is 15.1. The highest BCUT2D eigenvalue weighted by Crippen LogP contribution is 2.38. The van der Waals surface area contributed by atoms with E-state index >= 15 is 0 Å². The van der Waals surface area contributed by atoms with Crippen molar-refractivity contribution in [1.82, 2.24) is 9.80 Å². The summed E-state index contributed by atoms with van der Waals surface area (Å²) in [4.78, 5) is 25.9. The van der Waals surface area contributed by atoms with E-state index in [1.165, 1.54) is 24.1 Å². The maximum atomic E-state index is 12.4. The number of benzene rings is 2. The van der Waals surface area contributed by atoms with Gasteiger partial charge in [0.1, 0.15) is 12.3 Å². The minimum atomic E-state index is -0.452. The Balaban J connectivity index is 1.87. The molecule has 1 fully saturated rings. The molecule has 1 aliphatic rings. The van der Waals surface area contributed by atoms with Gasteiger partial charge in [-0.15, -0.1) is 0 Å². The Morgan fingerprint density at radius 2 is 1.97 bits per heavy atom. The molecule has 1 aliphatic heterocycles. The summed E-state index contributed by atoms with van der Waals surface area (Å²) in [6, 6.07) is 9.76. The van der Waals surface area contributed by atoms with Crippen LogP contribution in [0.3, 0.4) is 0 Å². The first kappa shape index (κ1) is 21.7. The molecule has 30 heavy (non-hydrogen) atoms. The van der Waals surface area contributed by atoms with Gasteiger partial charge in [-0.3, -0.25) is 19.8 Å². The molecule has 0 atom stereocenters. The molecule has 1 amide bonds. The number of carbonyl (C=O) groups is 1. The first-order valence-corrected chi connectivity index (χ1v) is 9.94. The Morgan fingerprint density at radius 1 is 1.23 bits per heavy atom. The molecule has 0 spiro atoms. The summed E-state index contributed by atoms with van der Waals surface area (Å²) in [5.41, 5.74) is 1.81. The van der Waals surface area contributed by atoms with Gasteiger partial charge in [-0.25, -0.2) is 0 Å². The van der Waals surface area contributed by atoms with E-state index in [0.29, 0.717) is 32.3 Å². The SMILES string of the molecule is COc1cc(/C=C2/C(=O)N(C)C(=S)N2C)cc(Br)c1OCc1cccc([N+](=O)[O-])c1. The summed E-state index contributed by atoms with van der Waals surface area (Å²) in [6.45, 7) is 0.122. The standard InChI is InChI=1S/C20H18BrN3O5S/c1-22-16(19(25)23(2)20(22)30)9-13-8-15(21)18(17(10-13)28-3)29-11-12-5-4-6-14(7-12)24(26)27/h4-10H,11H2,1-3H3/b16-9-. The smallest absolute Gasteiger partial charge is 0.276 e. The molecule has 0 unspecified atom stereocenters. The average Bonchev–Trinajstić information content (AvgIpc) is 2.90. The lowest BCUT2D eigenvalue weighted by molar-refractivity contribution is -0.384. The molecule has 1 heterocycles. The zero-order chi connectivity index (χ0) is 22.0. The molecule has 0 bridgehead atoms. The number of non-ortho nitro benzene ring substituents is 1. The number of likely N-dealkylation sites (N-methyl/N-ethyl adjacent to an activating group) is 2. The minimum absolute atomic E-state index is 0.00247. The van der Waals surface area contributed by atoms with Crippen molar-refractivity contribution in [1.29, 1.82) is 0 Å². The van der Waals surface area contributed by atoms with Crippen molar-refractivity contribution < 1.29 is 19.2 Å². The third kappa shape index (κ3) is 4.29. The number of halogens is 1. The molecule has 0 radical (unpaired) electrons. The second-order valence-corrected chi connectivity index (χ2v) is 7.70. The van der Waals surface area contributed by atoms with Crippen LogP contribution in [-0.2, 0) is 11.4 Å². The van der Waals surface area contributed by atoms with Gasteiger partial charge in [0.25, 0.3) is 11.6 Å². The van der Waals surface area contributed by atoms with Gasteiger partial charge in [0, 0.05) is 26.2 Å². The summed E-state index contributed by atoms with van der Waals surface area (Å²) >= 11 is 8.71. The molecule has 0 aliphatic carbocycles. The summed E-state index contributed by atoms with van der Waals surface area (Å²) in [5, 5.41) is 11.4. The quantitative estimate of drug-likeness (QED) is 0.261. The zero-order valence-corrected chi connectivity index (χ0v) is 18.8. The molecule has 0 aromatic heterocycles. The van der Waals surface area contributed by atoms with Crippen LogP contribution >= 0.6 is 28.1 Å². The van der Waals surface area contributed by atoms with E-state index < -0.39 is 4.92 Å². The molecule has 1 saturated heterocycles. The van der Waals surface area contributed by atoms with Crippen molar-refractivity contribution in [3.8, 4) is 11.5 Å². The van der Waals surface area contributed by atoms with Gasteiger partial charge in [0.05, 0.1) is 16.5 Å². The molecule has 2 aromatic carbocycles. The van der Waals surface area contributed by atoms with Gasteiger partial charge in [-0.1, -0.05) is 12.1 Å². The Hall–Kier alpha value is -2.98. The molecule has 10 heteroatoms. The molecule has 0 N–H and O–H groups in total. The summed E-state index contributed by atoms with van der Waals surface area (Å²) in [7, 11) is 4.87. The Bertz CT molecular complexity index is 1070. The van der Waals surface area contributed by atoms with Crippen molar-refractivity contribution in [3.05, 3.63) is 67.8 Å². The van der Waals surface area contributed by atoms with E-state index in [4.69, 9.17) is 21.7 Å². The number of hydrogen-bond acceptors (Lipinski definition) is 6. The predicted octanol–water partition coefficient (Wildman–Crippen LogP) is 3.97. The zero-order valence-electron chi connectivity index (χ0n) is 16.4. The van der Waals surface area contributed by atoms with Crippen LogP contribution in [0.5, 0.6) is 11.5 Å². The predicted molar refractivity (Wildman–Crippen MR) is 119 cm³/mol. The van der Waals surface area contributed by atoms with E-state index in [0.717, 1.165) is 5.56 Å². The van der Waals surface area contributed by atoms with Crippen molar-refractivity contribution in [3.63, 3.8) is 0 Å². The maximum Gasteiger partial charge on any atom is 0.276 e. The van der Waals surface area contributed by atoms with Crippen molar-refractivity contribution >= 4 is 50.9 Å². The van der Waals surface area contributed by atoms with Gasteiger partial charge >= 0.3 is 0 Å². The van der Waals surface area contributed by atoms with Crippen molar-refractivity contribution in [2.24, 2.45) is 0 Å². The van der Waals surface area contributed by atoms with Crippen LogP contribution in [-0.4, -0.2) is 46.9 Å². The van der Waals surface area contributed by atoms with Crippen molar-refractivity contribution in [2.45, 2.75) is 6.61 Å². The highest BCUT2D eigenvalue weighted by Gasteiger charge is 2.32. The first-order valence-electron chi connectivity index (χ1n) is 8.74. The van der Waals surface area contributed by atoms with Gasteiger partial charge in [0.2, 0.25) is 0 Å². The molecule has 0 saturated carbocycles. The largest absolute Gasteiger partial charge is 0.493 e. The van der Waals surface area contributed by atoms with E-state index in [9.17, 15) is 14.9 Å². The summed E-state index contributed by atoms with van der Waals surface area (Å²) in [6.07, 6.45) is 1.72. The van der Waals surface area contributed by atoms with Gasteiger partial charge in [-0.05, 0) is 57.5 Å². The molecular weight excluding hydrogens is 474 g/mol. The van der Waals surface area contributed by atoms with Crippen molar-refractivity contribution in [2.75, 3.05) is 21.2 Å². The Morgan fingerprint density at radius 3 is 2.57 bits per heavy atom. The maximum absolute atomic E-state index is 12.4. The summed E-state index contributed by atoms with van der Waals surface area (Å²) < 4.78 is 11.9. The first-order chi connectivity index (χ1) is 14.2. The molecule has 3 rings (SSSR count). The van der Waals surface area contributed by atoms with Crippen LogP contribution in [0.4, 0.5) is 5.69 Å². The highest BCUT2D eigenvalue weighted by molar-refractivity contribution is 9.10. The fraction of sp³-hybridized carbons (Fsp3) is 0.200. The van der Waals surface area contributed by atoms with E-state index in [2.05, 4.69) is 15.9 Å². The van der Waals surface area contributed by atoms with Crippen LogP contribution in [0.1, 0.15) is 11.1 Å². The van der Waals surface area contributed by atoms with Crippen LogP contribution in [0, 0.1) is 10.1 Å². The van der Waals surface area contributed by atoms with Crippen LogP contribution in [0.25, 0.3) is 6.08 Å². The lowest BCUT2D eigenvalue weighted by atomic mass is 10.1. The van der Waals surface area contributed by atoms with E-state index in [1.54, 1.807) is 49.3 Å². The molecule has 156 valence electrons. The lowest BCUT2D eigenvalue weighted by Crippen LogP contribution is -2.26. The molecule has 2 aromatic rings. The Labute approximate surface area is 187 Å². The Kier molecular flexibility index (Phi) is 6.37. The summed E-state index contributed by atoms with van der Waals surface area (Å²) in [5.74, 6) is 0.708. The number of thiocarbonyl (C=S) groups is 1. The second-order valence-electron chi connectivity index (χ2n) is 6.49. The number of rotatable bonds is 6. The third-order valence-corrected chi connectivity index (χ3v) is 5.66. The van der Waals surface area contributed by atoms with Gasteiger partial charge in [0.15, 0.2) is 16.6 Å². The van der Waals surface area contributed by atoms with Crippen LogP contribution < -0.4 is 9.47 Å². The lowest BCUT2D eigenvalue weighted by Gasteiger charge is -2.14. The van der Waals surface area contributed by atoms with E-state index in [1.807, 2.05) is 0 Å². The number of carbonyl (C=O) groups excluding carboxylic acids is 1. The number of amides is 1. The average molecular weight is 492 g/mol. The number of nitrogens with zero attached hydrogens (tertiary/aromatic N) is 3. The number of nitro benzene ring substituents is 1. The number of hydrogen-bond donors (Lipinski definition) is 0. The fourth-order valence-electron chi connectivity index (χ4n) is 2.93. The molecular formula is C20H18BrN3O5S.